The average molecular weight is 190 g/mol. The molecule has 0 saturated heterocycles. The summed E-state index contributed by atoms with van der Waals surface area (Å²) in [6, 6.07) is 0. The van der Waals surface area contributed by atoms with E-state index in [1.807, 2.05) is 7.05 Å². The van der Waals surface area contributed by atoms with Gasteiger partial charge in [-0.05, 0) is 27.9 Å². The summed E-state index contributed by atoms with van der Waals surface area (Å²) in [6.07, 6.45) is 0. The van der Waals surface area contributed by atoms with Crippen molar-refractivity contribution in [3.63, 3.8) is 0 Å². The standard InChI is InChI=1S/C8H22N2OSi/c1-8(2,12-11-5)10(4)7-6-9-3/h9H,6-7,12H2,1-5H3. The molecule has 3 nitrogen and oxygen atoms in total. The zero-order valence-electron chi connectivity index (χ0n) is 8.98. The Kier molecular flexibility index (Phi) is 5.74. The Morgan fingerprint density at radius 3 is 2.50 bits per heavy atom. The average Bonchev–Trinajstić information content (AvgIpc) is 2.00. The maximum Gasteiger partial charge on any atom is 0.180 e. The molecule has 12 heavy (non-hydrogen) atoms. The molecule has 0 aliphatic rings. The van der Waals surface area contributed by atoms with E-state index in [9.17, 15) is 0 Å². The minimum absolute atomic E-state index is 0.269. The van der Waals surface area contributed by atoms with Crippen molar-refractivity contribution in [1.29, 1.82) is 0 Å². The lowest BCUT2D eigenvalue weighted by Crippen LogP contribution is -2.48. The molecule has 0 bridgehead atoms. The van der Waals surface area contributed by atoms with Gasteiger partial charge >= 0.3 is 0 Å². The number of nitrogens with one attached hydrogen (secondary N) is 1. The summed E-state index contributed by atoms with van der Waals surface area (Å²) in [4.78, 5) is 2.36. The number of nitrogens with zero attached hydrogens (tertiary/aromatic N) is 1. The van der Waals surface area contributed by atoms with Crippen molar-refractivity contribution in [2.75, 3.05) is 34.3 Å². The van der Waals surface area contributed by atoms with Crippen molar-refractivity contribution in [2.24, 2.45) is 0 Å². The molecule has 74 valence electrons. The van der Waals surface area contributed by atoms with E-state index in [2.05, 4.69) is 31.1 Å². The van der Waals surface area contributed by atoms with Crippen LogP contribution in [-0.2, 0) is 4.43 Å². The quantitative estimate of drug-likeness (QED) is 0.577. The molecule has 0 aliphatic heterocycles. The Morgan fingerprint density at radius 1 is 1.50 bits per heavy atom. The Balaban J connectivity index is 3.79. The fourth-order valence-corrected chi connectivity index (χ4v) is 2.13. The summed E-state index contributed by atoms with van der Waals surface area (Å²) in [7, 11) is 5.51. The van der Waals surface area contributed by atoms with E-state index in [1.165, 1.54) is 0 Å². The first-order valence-electron chi connectivity index (χ1n) is 4.39. The maximum atomic E-state index is 5.28. The highest BCUT2D eigenvalue weighted by atomic mass is 28.2. The molecule has 0 aromatic carbocycles. The molecule has 0 aliphatic carbocycles. The summed E-state index contributed by atoms with van der Waals surface area (Å²) < 4.78 is 5.28. The highest BCUT2D eigenvalue weighted by Gasteiger charge is 2.23. The van der Waals surface area contributed by atoms with Gasteiger partial charge in [-0.2, -0.15) is 0 Å². The second-order valence-electron chi connectivity index (χ2n) is 3.77. The normalized spacial score (nSPS) is 13.5. The highest BCUT2D eigenvalue weighted by Crippen LogP contribution is 2.09. The Labute approximate surface area is 78.4 Å². The summed E-state index contributed by atoms with van der Waals surface area (Å²) in [5.41, 5.74) is 0. The van der Waals surface area contributed by atoms with Gasteiger partial charge in [-0.3, -0.25) is 0 Å². The van der Waals surface area contributed by atoms with Crippen molar-refractivity contribution >= 4 is 9.76 Å². The van der Waals surface area contributed by atoms with Crippen LogP contribution in [0.5, 0.6) is 0 Å². The van der Waals surface area contributed by atoms with E-state index in [0.29, 0.717) is 0 Å². The smallest absolute Gasteiger partial charge is 0.180 e. The zero-order valence-corrected chi connectivity index (χ0v) is 10.4. The second kappa shape index (κ2) is 5.69. The first kappa shape index (κ1) is 12.1. The van der Waals surface area contributed by atoms with Crippen molar-refractivity contribution < 1.29 is 4.43 Å². The van der Waals surface area contributed by atoms with Crippen LogP contribution < -0.4 is 5.32 Å². The fourth-order valence-electron chi connectivity index (χ4n) is 1.05. The lowest BCUT2D eigenvalue weighted by atomic mass is 10.3. The Hall–Kier alpha value is 0.0969. The van der Waals surface area contributed by atoms with Gasteiger partial charge in [0.05, 0.1) is 0 Å². The third-order valence-electron chi connectivity index (χ3n) is 2.23. The van der Waals surface area contributed by atoms with Gasteiger partial charge in [0.2, 0.25) is 0 Å². The number of likely N-dealkylation sites (N-methyl/N-ethyl adjacent to an activating group) is 2. The Morgan fingerprint density at radius 2 is 2.08 bits per heavy atom. The van der Waals surface area contributed by atoms with Gasteiger partial charge < -0.3 is 14.6 Å². The van der Waals surface area contributed by atoms with Crippen LogP contribution >= 0.6 is 0 Å². The monoisotopic (exact) mass is 190 g/mol. The largest absolute Gasteiger partial charge is 0.425 e. The van der Waals surface area contributed by atoms with Gasteiger partial charge in [-0.1, -0.05) is 0 Å². The van der Waals surface area contributed by atoms with Crippen molar-refractivity contribution in [3.8, 4) is 0 Å². The molecule has 0 unspecified atom stereocenters. The predicted octanol–water partition coefficient (Wildman–Crippen LogP) is -0.396. The van der Waals surface area contributed by atoms with Crippen LogP contribution in [0.25, 0.3) is 0 Å². The lowest BCUT2D eigenvalue weighted by Gasteiger charge is -2.34. The van der Waals surface area contributed by atoms with Gasteiger partial charge in [0.15, 0.2) is 9.76 Å². The lowest BCUT2D eigenvalue weighted by molar-refractivity contribution is 0.213. The Bertz CT molecular complexity index is 120. The molecule has 0 heterocycles. The molecule has 0 amide bonds. The number of rotatable bonds is 6. The third kappa shape index (κ3) is 4.20. The molecule has 0 atom stereocenters. The highest BCUT2D eigenvalue weighted by molar-refractivity contribution is 6.31. The SMILES string of the molecule is CNCCN(C)C(C)(C)[SiH2]OC. The molecule has 0 radical (unpaired) electrons. The molecular weight excluding hydrogens is 168 g/mol. The topological polar surface area (TPSA) is 24.5 Å². The van der Waals surface area contributed by atoms with Gasteiger partial charge in [-0.25, -0.2) is 0 Å². The maximum absolute atomic E-state index is 5.28. The predicted molar refractivity (Wildman–Crippen MR) is 56.2 cm³/mol. The third-order valence-corrected chi connectivity index (χ3v) is 3.76. The molecule has 0 aromatic rings. The van der Waals surface area contributed by atoms with E-state index in [4.69, 9.17) is 4.43 Å². The molecule has 0 spiro atoms. The van der Waals surface area contributed by atoms with E-state index in [-0.39, 0.29) is 5.16 Å². The van der Waals surface area contributed by atoms with Crippen molar-refractivity contribution in [3.05, 3.63) is 0 Å². The fraction of sp³-hybridized carbons (Fsp3) is 1.00. The number of hydrogen-bond donors (Lipinski definition) is 1. The van der Waals surface area contributed by atoms with Crippen LogP contribution in [0.1, 0.15) is 13.8 Å². The van der Waals surface area contributed by atoms with Gasteiger partial charge in [0.1, 0.15) is 0 Å². The summed E-state index contributed by atoms with van der Waals surface area (Å²) in [6.45, 7) is 6.62. The van der Waals surface area contributed by atoms with Crippen molar-refractivity contribution in [2.45, 2.75) is 19.0 Å². The molecule has 0 fully saturated rings. The molecule has 0 aromatic heterocycles. The summed E-state index contributed by atoms with van der Waals surface area (Å²) >= 11 is 0. The van der Waals surface area contributed by atoms with E-state index in [1.54, 1.807) is 7.11 Å². The van der Waals surface area contributed by atoms with E-state index < -0.39 is 9.76 Å². The van der Waals surface area contributed by atoms with E-state index in [0.717, 1.165) is 13.1 Å². The molecule has 4 heteroatoms. The minimum atomic E-state index is -0.428. The molecular formula is C8H22N2OSi. The van der Waals surface area contributed by atoms with E-state index >= 15 is 0 Å². The summed E-state index contributed by atoms with van der Waals surface area (Å²) in [5.74, 6) is 0. The van der Waals surface area contributed by atoms with Gasteiger partial charge in [0, 0.05) is 25.4 Å². The van der Waals surface area contributed by atoms with Crippen LogP contribution in [-0.4, -0.2) is 54.1 Å². The van der Waals surface area contributed by atoms with Crippen LogP contribution in [0.4, 0.5) is 0 Å². The summed E-state index contributed by atoms with van der Waals surface area (Å²) in [5, 5.41) is 3.42. The van der Waals surface area contributed by atoms with Crippen LogP contribution in [0, 0.1) is 0 Å². The van der Waals surface area contributed by atoms with Gasteiger partial charge in [0.25, 0.3) is 0 Å². The second-order valence-corrected chi connectivity index (χ2v) is 6.37. The first-order chi connectivity index (χ1) is 5.54. The van der Waals surface area contributed by atoms with Crippen LogP contribution in [0.3, 0.4) is 0 Å². The first-order valence-corrected chi connectivity index (χ1v) is 5.68. The van der Waals surface area contributed by atoms with Crippen LogP contribution in [0.15, 0.2) is 0 Å². The zero-order chi connectivity index (χ0) is 9.61. The minimum Gasteiger partial charge on any atom is -0.425 e. The van der Waals surface area contributed by atoms with Crippen molar-refractivity contribution in [1.82, 2.24) is 10.2 Å². The molecule has 0 rings (SSSR count). The molecule has 1 N–H and O–H groups in total. The number of hydrogen-bond acceptors (Lipinski definition) is 3. The van der Waals surface area contributed by atoms with Gasteiger partial charge in [-0.15, -0.1) is 0 Å². The molecule has 0 saturated carbocycles. The van der Waals surface area contributed by atoms with Crippen LogP contribution in [0.2, 0.25) is 0 Å².